The van der Waals surface area contributed by atoms with Crippen LogP contribution in [0.25, 0.3) is 0 Å². The van der Waals surface area contributed by atoms with Gasteiger partial charge in [-0.25, -0.2) is 0 Å². The van der Waals surface area contributed by atoms with Crippen molar-refractivity contribution in [2.24, 2.45) is 5.73 Å². The molecule has 2 aromatic carbocycles. The molecule has 4 heteroatoms. The molecule has 108 valence electrons. The largest absolute Gasteiger partial charge is 0.368 e. The third kappa shape index (κ3) is 3.69. The lowest BCUT2D eigenvalue weighted by Gasteiger charge is -2.28. The monoisotopic (exact) mass is 282 g/mol. The Bertz CT molecular complexity index is 611. The third-order valence-corrected chi connectivity index (χ3v) is 3.36. The zero-order valence-corrected chi connectivity index (χ0v) is 11.9. The third-order valence-electron chi connectivity index (χ3n) is 3.36. The van der Waals surface area contributed by atoms with Crippen LogP contribution in [0.5, 0.6) is 0 Å². The van der Waals surface area contributed by atoms with Crippen LogP contribution in [0.4, 0.5) is 0 Å². The van der Waals surface area contributed by atoms with Gasteiger partial charge in [-0.2, -0.15) is 0 Å². The van der Waals surface area contributed by atoms with E-state index in [0.717, 1.165) is 5.56 Å². The smallest absolute Gasteiger partial charge is 0.254 e. The normalized spacial score (nSPS) is 11.7. The predicted molar refractivity (Wildman–Crippen MR) is 81.5 cm³/mol. The van der Waals surface area contributed by atoms with Crippen molar-refractivity contribution in [2.75, 3.05) is 6.54 Å². The molecule has 0 bridgehead atoms. The fourth-order valence-electron chi connectivity index (χ4n) is 2.21. The molecular weight excluding hydrogens is 264 g/mol. The van der Waals surface area contributed by atoms with E-state index in [4.69, 9.17) is 5.73 Å². The Morgan fingerprint density at radius 3 is 2.05 bits per heavy atom. The van der Waals surface area contributed by atoms with Crippen LogP contribution >= 0.6 is 0 Å². The lowest BCUT2D eigenvalue weighted by atomic mass is 10.1. The minimum atomic E-state index is -0.526. The standard InChI is InChI=1S/C17H18N2O2/c1-13(14-8-4-2-5-9-14)19(12-16(18)20)17(21)15-10-6-3-7-11-15/h2-11,13H,12H2,1H3,(H2,18,20). The highest BCUT2D eigenvalue weighted by atomic mass is 16.2. The van der Waals surface area contributed by atoms with Gasteiger partial charge in [-0.1, -0.05) is 48.5 Å². The predicted octanol–water partition coefficient (Wildman–Crippen LogP) is 2.38. The molecule has 1 unspecified atom stereocenters. The highest BCUT2D eigenvalue weighted by Crippen LogP contribution is 2.21. The summed E-state index contributed by atoms with van der Waals surface area (Å²) in [5.74, 6) is -0.729. The summed E-state index contributed by atoms with van der Waals surface area (Å²) in [6, 6.07) is 18.2. The fraction of sp³-hybridized carbons (Fsp3) is 0.176. The molecule has 2 rings (SSSR count). The van der Waals surface area contributed by atoms with E-state index < -0.39 is 5.91 Å². The summed E-state index contributed by atoms with van der Waals surface area (Å²) >= 11 is 0. The van der Waals surface area contributed by atoms with E-state index in [1.807, 2.05) is 43.3 Å². The number of amides is 2. The van der Waals surface area contributed by atoms with Gasteiger partial charge in [0.1, 0.15) is 6.54 Å². The van der Waals surface area contributed by atoms with Crippen LogP contribution in [0.15, 0.2) is 60.7 Å². The summed E-state index contributed by atoms with van der Waals surface area (Å²) < 4.78 is 0. The Morgan fingerprint density at radius 1 is 1.00 bits per heavy atom. The number of benzene rings is 2. The van der Waals surface area contributed by atoms with Crippen molar-refractivity contribution >= 4 is 11.8 Å². The van der Waals surface area contributed by atoms with Gasteiger partial charge in [0, 0.05) is 5.56 Å². The van der Waals surface area contributed by atoms with Gasteiger partial charge in [0.25, 0.3) is 5.91 Å². The van der Waals surface area contributed by atoms with Crippen LogP contribution in [0.1, 0.15) is 28.9 Å². The quantitative estimate of drug-likeness (QED) is 0.915. The van der Waals surface area contributed by atoms with Crippen LogP contribution in [0, 0.1) is 0 Å². The highest BCUT2D eigenvalue weighted by molar-refractivity contribution is 5.96. The maximum absolute atomic E-state index is 12.6. The maximum atomic E-state index is 12.6. The molecule has 4 nitrogen and oxygen atoms in total. The first-order valence-electron chi connectivity index (χ1n) is 6.79. The molecule has 1 atom stereocenters. The number of primary amides is 1. The van der Waals surface area contributed by atoms with Crippen LogP contribution in [-0.4, -0.2) is 23.3 Å². The molecule has 2 amide bonds. The number of nitrogens with zero attached hydrogens (tertiary/aromatic N) is 1. The van der Waals surface area contributed by atoms with Crippen molar-refractivity contribution in [1.82, 2.24) is 4.90 Å². The van der Waals surface area contributed by atoms with E-state index in [9.17, 15) is 9.59 Å². The molecule has 2 aromatic rings. The average molecular weight is 282 g/mol. The summed E-state index contributed by atoms with van der Waals surface area (Å²) in [6.45, 7) is 1.78. The van der Waals surface area contributed by atoms with Crippen LogP contribution in [0.3, 0.4) is 0 Å². The SMILES string of the molecule is CC(c1ccccc1)N(CC(N)=O)C(=O)c1ccccc1. The van der Waals surface area contributed by atoms with Gasteiger partial charge in [0.05, 0.1) is 6.04 Å². The van der Waals surface area contributed by atoms with E-state index in [1.165, 1.54) is 4.90 Å². The molecule has 0 aliphatic rings. The molecule has 0 aromatic heterocycles. The van der Waals surface area contributed by atoms with Crippen molar-refractivity contribution in [1.29, 1.82) is 0 Å². The summed E-state index contributed by atoms with van der Waals surface area (Å²) in [4.78, 5) is 25.4. The minimum absolute atomic E-state index is 0.107. The molecule has 0 radical (unpaired) electrons. The van der Waals surface area contributed by atoms with Crippen LogP contribution in [-0.2, 0) is 4.79 Å². The number of carbonyl (C=O) groups is 2. The lowest BCUT2D eigenvalue weighted by Crippen LogP contribution is -2.40. The van der Waals surface area contributed by atoms with Crippen molar-refractivity contribution in [3.63, 3.8) is 0 Å². The topological polar surface area (TPSA) is 63.4 Å². The van der Waals surface area contributed by atoms with E-state index in [-0.39, 0.29) is 18.5 Å². The Labute approximate surface area is 124 Å². The zero-order chi connectivity index (χ0) is 15.2. The average Bonchev–Trinajstić information content (AvgIpc) is 2.53. The van der Waals surface area contributed by atoms with E-state index in [0.29, 0.717) is 5.56 Å². The summed E-state index contributed by atoms with van der Waals surface area (Å²) in [6.07, 6.45) is 0. The number of hydrogen-bond acceptors (Lipinski definition) is 2. The molecule has 21 heavy (non-hydrogen) atoms. The van der Waals surface area contributed by atoms with Gasteiger partial charge in [-0.05, 0) is 24.6 Å². The number of nitrogens with two attached hydrogens (primary N) is 1. The Balaban J connectivity index is 2.30. The van der Waals surface area contributed by atoms with Crippen molar-refractivity contribution < 1.29 is 9.59 Å². The minimum Gasteiger partial charge on any atom is -0.368 e. The Kier molecular flexibility index (Phi) is 4.72. The van der Waals surface area contributed by atoms with Gasteiger partial charge in [-0.15, -0.1) is 0 Å². The van der Waals surface area contributed by atoms with E-state index >= 15 is 0 Å². The Morgan fingerprint density at radius 2 is 1.52 bits per heavy atom. The molecule has 0 saturated carbocycles. The Hall–Kier alpha value is -2.62. The second-order valence-electron chi connectivity index (χ2n) is 4.85. The first kappa shape index (κ1) is 14.8. The van der Waals surface area contributed by atoms with E-state index in [1.54, 1.807) is 24.3 Å². The van der Waals surface area contributed by atoms with Gasteiger partial charge in [-0.3, -0.25) is 9.59 Å². The lowest BCUT2D eigenvalue weighted by molar-refractivity contribution is -0.119. The van der Waals surface area contributed by atoms with Crippen molar-refractivity contribution in [3.8, 4) is 0 Å². The van der Waals surface area contributed by atoms with Gasteiger partial charge in [0.15, 0.2) is 0 Å². The molecule has 0 fully saturated rings. The van der Waals surface area contributed by atoms with Gasteiger partial charge < -0.3 is 10.6 Å². The molecule has 0 saturated heterocycles. The molecule has 0 aliphatic heterocycles. The van der Waals surface area contributed by atoms with Gasteiger partial charge in [0.2, 0.25) is 5.91 Å². The second kappa shape index (κ2) is 6.70. The summed E-state index contributed by atoms with van der Waals surface area (Å²) in [5, 5.41) is 0. The summed E-state index contributed by atoms with van der Waals surface area (Å²) in [7, 11) is 0. The molecule has 0 spiro atoms. The number of hydrogen-bond donors (Lipinski definition) is 1. The van der Waals surface area contributed by atoms with Crippen molar-refractivity contribution in [2.45, 2.75) is 13.0 Å². The zero-order valence-electron chi connectivity index (χ0n) is 11.9. The molecular formula is C17H18N2O2. The highest BCUT2D eigenvalue weighted by Gasteiger charge is 2.24. The van der Waals surface area contributed by atoms with E-state index in [2.05, 4.69) is 0 Å². The fourth-order valence-corrected chi connectivity index (χ4v) is 2.21. The second-order valence-corrected chi connectivity index (χ2v) is 4.85. The van der Waals surface area contributed by atoms with Crippen LogP contribution in [0.2, 0.25) is 0 Å². The maximum Gasteiger partial charge on any atom is 0.254 e. The first-order valence-corrected chi connectivity index (χ1v) is 6.79. The molecule has 2 N–H and O–H groups in total. The van der Waals surface area contributed by atoms with Gasteiger partial charge >= 0.3 is 0 Å². The molecule has 0 aliphatic carbocycles. The first-order chi connectivity index (χ1) is 10.1. The van der Waals surface area contributed by atoms with Crippen LogP contribution < -0.4 is 5.73 Å². The molecule has 0 heterocycles. The van der Waals surface area contributed by atoms with Crippen molar-refractivity contribution in [3.05, 3.63) is 71.8 Å². The number of carbonyl (C=O) groups excluding carboxylic acids is 2. The number of rotatable bonds is 5. The summed E-state index contributed by atoms with van der Waals surface area (Å²) in [5.41, 5.74) is 6.80.